The highest BCUT2D eigenvalue weighted by atomic mass is 32.2. The van der Waals surface area contributed by atoms with E-state index in [-0.39, 0.29) is 22.4 Å². The maximum Gasteiger partial charge on any atom is 0.446 e. The van der Waals surface area contributed by atoms with Crippen LogP contribution in [-0.2, 0) is 0 Å². The molecule has 8 heteroatoms. The maximum atomic E-state index is 12.2. The molecule has 0 unspecified atom stereocenters. The molecule has 1 aromatic carbocycles. The van der Waals surface area contributed by atoms with E-state index in [1.807, 2.05) is 0 Å². The molecule has 0 aliphatic heterocycles. The van der Waals surface area contributed by atoms with Crippen LogP contribution in [0.2, 0.25) is 0 Å². The van der Waals surface area contributed by atoms with Gasteiger partial charge in [-0.2, -0.15) is 13.2 Å². The van der Waals surface area contributed by atoms with Gasteiger partial charge in [0.15, 0.2) is 0 Å². The van der Waals surface area contributed by atoms with E-state index >= 15 is 0 Å². The van der Waals surface area contributed by atoms with Crippen LogP contribution < -0.4 is 11.1 Å². The van der Waals surface area contributed by atoms with E-state index in [4.69, 9.17) is 5.73 Å². The predicted octanol–water partition coefficient (Wildman–Crippen LogP) is 3.53. The molecule has 4 nitrogen and oxygen atoms in total. The van der Waals surface area contributed by atoms with Crippen LogP contribution in [0.15, 0.2) is 47.5 Å². The molecule has 2 rings (SSSR count). The van der Waals surface area contributed by atoms with Gasteiger partial charge in [-0.1, -0.05) is 0 Å². The van der Waals surface area contributed by atoms with Gasteiger partial charge in [0.25, 0.3) is 5.91 Å². The van der Waals surface area contributed by atoms with Gasteiger partial charge in [-0.25, -0.2) is 4.98 Å². The van der Waals surface area contributed by atoms with Crippen molar-refractivity contribution in [3.05, 3.63) is 48.3 Å². The monoisotopic (exact) mass is 313 g/mol. The lowest BCUT2D eigenvalue weighted by atomic mass is 10.3. The number of nitrogen functional groups attached to an aromatic ring is 1. The second-order valence-electron chi connectivity index (χ2n) is 4.00. The number of alkyl halides is 3. The number of benzene rings is 1. The van der Waals surface area contributed by atoms with E-state index in [0.29, 0.717) is 11.4 Å². The molecule has 0 saturated carbocycles. The molecule has 0 atom stereocenters. The molecule has 0 bridgehead atoms. The van der Waals surface area contributed by atoms with Gasteiger partial charge in [0.1, 0.15) is 5.69 Å². The molecule has 1 amide bonds. The van der Waals surface area contributed by atoms with Crippen molar-refractivity contribution in [3.63, 3.8) is 0 Å². The van der Waals surface area contributed by atoms with Gasteiger partial charge in [0.2, 0.25) is 0 Å². The minimum Gasteiger partial charge on any atom is -0.397 e. The molecule has 0 aliphatic rings. The maximum absolute atomic E-state index is 12.2. The Kier molecular flexibility index (Phi) is 4.37. The molecule has 0 saturated heterocycles. The van der Waals surface area contributed by atoms with Gasteiger partial charge in [0, 0.05) is 10.6 Å². The lowest BCUT2D eigenvalue weighted by molar-refractivity contribution is -0.0328. The van der Waals surface area contributed by atoms with Gasteiger partial charge >= 0.3 is 5.51 Å². The average Bonchev–Trinajstić information content (AvgIpc) is 2.40. The SMILES string of the molecule is Nc1ccc(C(=O)Nc2ccc(SC(F)(F)F)cc2)nc1. The summed E-state index contributed by atoms with van der Waals surface area (Å²) in [4.78, 5) is 15.7. The number of nitrogens with two attached hydrogens (primary N) is 1. The van der Waals surface area contributed by atoms with Crippen molar-refractivity contribution >= 4 is 29.0 Å². The van der Waals surface area contributed by atoms with Crippen molar-refractivity contribution < 1.29 is 18.0 Å². The topological polar surface area (TPSA) is 68.0 Å². The van der Waals surface area contributed by atoms with E-state index in [1.165, 1.54) is 42.6 Å². The summed E-state index contributed by atoms with van der Waals surface area (Å²) in [5, 5.41) is 2.53. The summed E-state index contributed by atoms with van der Waals surface area (Å²) in [5.41, 5.74) is 2.10. The number of nitrogens with one attached hydrogen (secondary N) is 1. The molecule has 110 valence electrons. The zero-order valence-electron chi connectivity index (χ0n) is 10.5. The molecule has 3 N–H and O–H groups in total. The first-order valence-corrected chi connectivity index (χ1v) is 6.54. The average molecular weight is 313 g/mol. The molecule has 0 spiro atoms. The number of thioether (sulfide) groups is 1. The van der Waals surface area contributed by atoms with Crippen molar-refractivity contribution in [1.82, 2.24) is 4.98 Å². The summed E-state index contributed by atoms with van der Waals surface area (Å²) in [7, 11) is 0. The highest BCUT2D eigenvalue weighted by molar-refractivity contribution is 8.00. The van der Waals surface area contributed by atoms with Crippen molar-refractivity contribution in [2.75, 3.05) is 11.1 Å². The highest BCUT2D eigenvalue weighted by Gasteiger charge is 2.29. The molecule has 0 aliphatic carbocycles. The smallest absolute Gasteiger partial charge is 0.397 e. The Morgan fingerprint density at radius 2 is 1.81 bits per heavy atom. The Labute approximate surface area is 122 Å². The fourth-order valence-electron chi connectivity index (χ4n) is 1.47. The number of hydrogen-bond acceptors (Lipinski definition) is 4. The first kappa shape index (κ1) is 15.2. The lowest BCUT2D eigenvalue weighted by Gasteiger charge is -2.07. The fourth-order valence-corrected chi connectivity index (χ4v) is 2.01. The van der Waals surface area contributed by atoms with E-state index in [1.54, 1.807) is 0 Å². The van der Waals surface area contributed by atoms with E-state index < -0.39 is 11.4 Å². The first-order valence-electron chi connectivity index (χ1n) is 5.72. The first-order chi connectivity index (χ1) is 9.83. The Morgan fingerprint density at radius 3 is 2.33 bits per heavy atom. The minimum atomic E-state index is -4.33. The van der Waals surface area contributed by atoms with E-state index in [0.717, 1.165) is 0 Å². The molecule has 2 aromatic rings. The third-order valence-electron chi connectivity index (χ3n) is 2.36. The lowest BCUT2D eigenvalue weighted by Crippen LogP contribution is -2.13. The predicted molar refractivity (Wildman–Crippen MR) is 75.0 cm³/mol. The molecular formula is C13H10F3N3OS. The van der Waals surface area contributed by atoms with Crippen LogP contribution in [-0.4, -0.2) is 16.4 Å². The van der Waals surface area contributed by atoms with Crippen LogP contribution in [0, 0.1) is 0 Å². The largest absolute Gasteiger partial charge is 0.446 e. The van der Waals surface area contributed by atoms with Crippen molar-refractivity contribution in [3.8, 4) is 0 Å². The minimum absolute atomic E-state index is 0.0473. The second kappa shape index (κ2) is 6.04. The number of carbonyl (C=O) groups is 1. The van der Waals surface area contributed by atoms with Gasteiger partial charge in [0.05, 0.1) is 11.9 Å². The zero-order valence-corrected chi connectivity index (χ0v) is 11.3. The number of nitrogens with zero attached hydrogens (tertiary/aromatic N) is 1. The number of aromatic nitrogens is 1. The number of anilines is 2. The van der Waals surface area contributed by atoms with Gasteiger partial charge in [-0.05, 0) is 48.2 Å². The van der Waals surface area contributed by atoms with Crippen LogP contribution in [0.1, 0.15) is 10.5 Å². The summed E-state index contributed by atoms with van der Waals surface area (Å²) in [6, 6.07) is 8.34. The van der Waals surface area contributed by atoms with Crippen molar-refractivity contribution in [1.29, 1.82) is 0 Å². The Balaban J connectivity index is 2.03. The molecular weight excluding hydrogens is 303 g/mol. The highest BCUT2D eigenvalue weighted by Crippen LogP contribution is 2.37. The van der Waals surface area contributed by atoms with Crippen LogP contribution >= 0.6 is 11.8 Å². The Hall–Kier alpha value is -2.22. The summed E-state index contributed by atoms with van der Waals surface area (Å²) in [6.45, 7) is 0. The van der Waals surface area contributed by atoms with Crippen molar-refractivity contribution in [2.24, 2.45) is 0 Å². The quantitative estimate of drug-likeness (QED) is 0.851. The zero-order chi connectivity index (χ0) is 15.5. The third-order valence-corrected chi connectivity index (χ3v) is 3.10. The van der Waals surface area contributed by atoms with Crippen molar-refractivity contribution in [2.45, 2.75) is 10.4 Å². The Bertz CT molecular complexity index is 627. The summed E-state index contributed by atoms with van der Waals surface area (Å²) >= 11 is -0.213. The van der Waals surface area contributed by atoms with E-state index in [2.05, 4.69) is 10.3 Å². The summed E-state index contributed by atoms with van der Waals surface area (Å²) in [5.74, 6) is -0.466. The molecule has 21 heavy (non-hydrogen) atoms. The molecule has 0 fully saturated rings. The number of rotatable bonds is 3. The summed E-state index contributed by atoms with van der Waals surface area (Å²) < 4.78 is 36.5. The third kappa shape index (κ3) is 4.67. The standard InChI is InChI=1S/C13H10F3N3OS/c14-13(15,16)21-10-4-2-9(3-5-10)19-12(20)11-6-1-8(17)7-18-11/h1-7H,17H2,(H,19,20). The molecule has 0 radical (unpaired) electrons. The van der Waals surface area contributed by atoms with Crippen LogP contribution in [0.3, 0.4) is 0 Å². The van der Waals surface area contributed by atoms with Crippen LogP contribution in [0.5, 0.6) is 0 Å². The van der Waals surface area contributed by atoms with Gasteiger partial charge < -0.3 is 11.1 Å². The number of hydrogen-bond donors (Lipinski definition) is 2. The van der Waals surface area contributed by atoms with Gasteiger partial charge in [-0.15, -0.1) is 0 Å². The summed E-state index contributed by atoms with van der Waals surface area (Å²) in [6.07, 6.45) is 1.35. The fraction of sp³-hybridized carbons (Fsp3) is 0.0769. The van der Waals surface area contributed by atoms with Crippen LogP contribution in [0.25, 0.3) is 0 Å². The van der Waals surface area contributed by atoms with Crippen LogP contribution in [0.4, 0.5) is 24.5 Å². The Morgan fingerprint density at radius 1 is 1.14 bits per heavy atom. The van der Waals surface area contributed by atoms with E-state index in [9.17, 15) is 18.0 Å². The molecule has 1 heterocycles. The number of halogens is 3. The number of amides is 1. The number of pyridine rings is 1. The molecule has 1 aromatic heterocycles. The normalized spacial score (nSPS) is 11.2. The van der Waals surface area contributed by atoms with Gasteiger partial charge in [-0.3, -0.25) is 4.79 Å². The number of carbonyl (C=O) groups excluding carboxylic acids is 1. The second-order valence-corrected chi connectivity index (χ2v) is 5.14.